The summed E-state index contributed by atoms with van der Waals surface area (Å²) < 4.78 is 33.8. The van der Waals surface area contributed by atoms with E-state index in [1.165, 1.54) is 0 Å². The maximum absolute atomic E-state index is 12.2. The molecule has 20 heavy (non-hydrogen) atoms. The van der Waals surface area contributed by atoms with Gasteiger partial charge in [-0.1, -0.05) is 0 Å². The Hall–Kier alpha value is -0.920. The van der Waals surface area contributed by atoms with Gasteiger partial charge in [0.2, 0.25) is 10.0 Å². The van der Waals surface area contributed by atoms with Crippen molar-refractivity contribution in [2.75, 3.05) is 18.9 Å². The first-order valence-corrected chi connectivity index (χ1v) is 8.81. The van der Waals surface area contributed by atoms with Crippen LogP contribution < -0.4 is 0 Å². The molecule has 6 nitrogen and oxygen atoms in total. The molecule has 1 aliphatic carbocycles. The van der Waals surface area contributed by atoms with Gasteiger partial charge in [0.05, 0.1) is 24.5 Å². The Morgan fingerprint density at radius 1 is 1.40 bits per heavy atom. The van der Waals surface area contributed by atoms with E-state index >= 15 is 0 Å². The Morgan fingerprint density at radius 2 is 2.25 bits per heavy atom. The highest BCUT2D eigenvalue weighted by molar-refractivity contribution is 7.89. The quantitative estimate of drug-likeness (QED) is 0.821. The van der Waals surface area contributed by atoms with Crippen molar-refractivity contribution in [1.82, 2.24) is 14.1 Å². The van der Waals surface area contributed by atoms with E-state index in [0.29, 0.717) is 19.1 Å². The number of rotatable bonds is 4. The molecule has 7 heteroatoms. The summed E-state index contributed by atoms with van der Waals surface area (Å²) in [4.78, 5) is 0. The van der Waals surface area contributed by atoms with Crippen LogP contribution in [0, 0.1) is 5.92 Å². The van der Waals surface area contributed by atoms with E-state index in [0.717, 1.165) is 19.4 Å². The van der Waals surface area contributed by atoms with Gasteiger partial charge in [0.15, 0.2) is 0 Å². The van der Waals surface area contributed by atoms with Crippen LogP contribution in [0.5, 0.6) is 0 Å². The fourth-order valence-corrected chi connectivity index (χ4v) is 4.70. The van der Waals surface area contributed by atoms with Gasteiger partial charge in [0.1, 0.15) is 0 Å². The van der Waals surface area contributed by atoms with Gasteiger partial charge in [-0.25, -0.2) is 8.42 Å². The van der Waals surface area contributed by atoms with Crippen molar-refractivity contribution >= 4 is 10.0 Å². The second-order valence-corrected chi connectivity index (χ2v) is 7.69. The molecular weight excluding hydrogens is 278 g/mol. The summed E-state index contributed by atoms with van der Waals surface area (Å²) in [6.07, 6.45) is 5.59. The summed E-state index contributed by atoms with van der Waals surface area (Å²) in [5.74, 6) is 0.509. The predicted molar refractivity (Wildman–Crippen MR) is 74.6 cm³/mol. The molecule has 3 atom stereocenters. The van der Waals surface area contributed by atoms with Gasteiger partial charge in [0, 0.05) is 31.4 Å². The Morgan fingerprint density at radius 3 is 2.95 bits per heavy atom. The molecule has 1 aromatic heterocycles. The maximum Gasteiger partial charge on any atom is 0.214 e. The SMILES string of the molecule is CCS(=O)(=O)N1CCO[C@@H]2[C@@H](Cn3cccn3)CC[C@@H]21. The van der Waals surface area contributed by atoms with Gasteiger partial charge in [-0.2, -0.15) is 9.40 Å². The summed E-state index contributed by atoms with van der Waals surface area (Å²) in [6, 6.07) is 1.91. The van der Waals surface area contributed by atoms with E-state index in [9.17, 15) is 8.42 Å². The number of hydrogen-bond acceptors (Lipinski definition) is 4. The van der Waals surface area contributed by atoms with Crippen LogP contribution in [0.25, 0.3) is 0 Å². The highest BCUT2D eigenvalue weighted by atomic mass is 32.2. The van der Waals surface area contributed by atoms with E-state index < -0.39 is 10.0 Å². The van der Waals surface area contributed by atoms with Gasteiger partial charge in [-0.05, 0) is 25.8 Å². The highest BCUT2D eigenvalue weighted by Gasteiger charge is 2.46. The number of nitrogens with zero attached hydrogens (tertiary/aromatic N) is 3. The van der Waals surface area contributed by atoms with Crippen LogP contribution in [-0.2, 0) is 21.3 Å². The molecule has 0 bridgehead atoms. The molecule has 0 amide bonds. The van der Waals surface area contributed by atoms with Gasteiger partial charge < -0.3 is 4.74 Å². The average molecular weight is 299 g/mol. The first-order valence-electron chi connectivity index (χ1n) is 7.20. The molecule has 1 aromatic rings. The van der Waals surface area contributed by atoms with Crippen molar-refractivity contribution in [3.05, 3.63) is 18.5 Å². The van der Waals surface area contributed by atoms with Crippen LogP contribution in [-0.4, -0.2) is 53.6 Å². The lowest BCUT2D eigenvalue weighted by atomic mass is 10.0. The zero-order chi connectivity index (χ0) is 14.2. The van der Waals surface area contributed by atoms with E-state index in [1.54, 1.807) is 17.4 Å². The maximum atomic E-state index is 12.2. The molecule has 1 saturated carbocycles. The molecule has 0 spiro atoms. The van der Waals surface area contributed by atoms with Crippen molar-refractivity contribution in [3.8, 4) is 0 Å². The molecule has 1 aliphatic heterocycles. The van der Waals surface area contributed by atoms with Gasteiger partial charge >= 0.3 is 0 Å². The van der Waals surface area contributed by atoms with Crippen LogP contribution >= 0.6 is 0 Å². The van der Waals surface area contributed by atoms with Gasteiger partial charge in [-0.15, -0.1) is 0 Å². The lowest BCUT2D eigenvalue weighted by Crippen LogP contribution is -2.53. The Balaban J connectivity index is 1.75. The number of hydrogen-bond donors (Lipinski definition) is 0. The molecule has 112 valence electrons. The summed E-state index contributed by atoms with van der Waals surface area (Å²) in [6.45, 7) is 3.49. The van der Waals surface area contributed by atoms with Crippen molar-refractivity contribution in [2.24, 2.45) is 5.92 Å². The Labute approximate surface area is 119 Å². The van der Waals surface area contributed by atoms with Crippen molar-refractivity contribution in [3.63, 3.8) is 0 Å². The van der Waals surface area contributed by atoms with Crippen LogP contribution in [0.2, 0.25) is 0 Å². The highest BCUT2D eigenvalue weighted by Crippen LogP contribution is 2.36. The topological polar surface area (TPSA) is 64.4 Å². The molecule has 0 unspecified atom stereocenters. The van der Waals surface area contributed by atoms with E-state index in [1.807, 2.05) is 16.9 Å². The molecule has 0 radical (unpaired) electrons. The molecule has 0 N–H and O–H groups in total. The van der Waals surface area contributed by atoms with Crippen molar-refractivity contribution in [1.29, 1.82) is 0 Å². The minimum absolute atomic E-state index is 0.00858. The molecule has 0 aromatic carbocycles. The first kappa shape index (κ1) is 14.0. The number of ether oxygens (including phenoxy) is 1. The zero-order valence-electron chi connectivity index (χ0n) is 11.7. The number of fused-ring (bicyclic) bond motifs is 1. The minimum atomic E-state index is -3.13. The zero-order valence-corrected chi connectivity index (χ0v) is 12.5. The van der Waals surface area contributed by atoms with Crippen molar-refractivity contribution in [2.45, 2.75) is 38.5 Å². The molecule has 1 saturated heterocycles. The lowest BCUT2D eigenvalue weighted by molar-refractivity contribution is -0.0490. The third kappa shape index (κ3) is 2.49. The Kier molecular flexibility index (Phi) is 3.83. The van der Waals surface area contributed by atoms with Gasteiger partial charge in [-0.3, -0.25) is 4.68 Å². The standard InChI is InChI=1S/C13H21N3O3S/c1-2-20(17,18)16-8-9-19-13-11(4-5-12(13)16)10-15-7-3-6-14-15/h3,6-7,11-13H,2,4-5,8-10H2,1H3/t11-,12+,13-/m1/s1. The number of morpholine rings is 1. The second-order valence-electron chi connectivity index (χ2n) is 5.48. The molecule has 2 fully saturated rings. The third-order valence-electron chi connectivity index (χ3n) is 4.37. The predicted octanol–water partition coefficient (Wildman–Crippen LogP) is 0.712. The molecule has 2 heterocycles. The Bertz CT molecular complexity index is 543. The van der Waals surface area contributed by atoms with Crippen LogP contribution in [0.1, 0.15) is 19.8 Å². The smallest absolute Gasteiger partial charge is 0.214 e. The van der Waals surface area contributed by atoms with Crippen LogP contribution in [0.15, 0.2) is 18.5 Å². The second kappa shape index (κ2) is 5.46. The lowest BCUT2D eigenvalue weighted by Gasteiger charge is -2.38. The van der Waals surface area contributed by atoms with E-state index in [2.05, 4.69) is 5.10 Å². The summed E-state index contributed by atoms with van der Waals surface area (Å²) in [7, 11) is -3.13. The minimum Gasteiger partial charge on any atom is -0.375 e. The molecule has 2 aliphatic rings. The van der Waals surface area contributed by atoms with E-state index in [-0.39, 0.29) is 17.9 Å². The van der Waals surface area contributed by atoms with Gasteiger partial charge in [0.25, 0.3) is 0 Å². The van der Waals surface area contributed by atoms with Crippen molar-refractivity contribution < 1.29 is 13.2 Å². The fraction of sp³-hybridized carbons (Fsp3) is 0.769. The largest absolute Gasteiger partial charge is 0.375 e. The average Bonchev–Trinajstić information content (AvgIpc) is 3.09. The normalized spacial score (nSPS) is 31.4. The first-order chi connectivity index (χ1) is 9.62. The summed E-state index contributed by atoms with van der Waals surface area (Å²) in [5.41, 5.74) is 0. The number of aromatic nitrogens is 2. The third-order valence-corrected chi connectivity index (χ3v) is 6.27. The number of sulfonamides is 1. The van der Waals surface area contributed by atoms with Crippen LogP contribution in [0.3, 0.4) is 0 Å². The summed E-state index contributed by atoms with van der Waals surface area (Å²) in [5, 5.41) is 4.23. The van der Waals surface area contributed by atoms with Crippen LogP contribution in [0.4, 0.5) is 0 Å². The fourth-order valence-electron chi connectivity index (χ4n) is 3.38. The monoisotopic (exact) mass is 299 g/mol. The molecule has 3 rings (SSSR count). The summed E-state index contributed by atoms with van der Waals surface area (Å²) >= 11 is 0. The van der Waals surface area contributed by atoms with E-state index in [4.69, 9.17) is 4.74 Å². The molecular formula is C13H21N3O3S.